The number of hydrogen-bond acceptors (Lipinski definition) is 9. The van der Waals surface area contributed by atoms with Crippen molar-refractivity contribution in [2.24, 2.45) is 0 Å². The monoisotopic (exact) mass is 672 g/mol. The van der Waals surface area contributed by atoms with Crippen LogP contribution in [0.2, 0.25) is 0 Å². The Balaban J connectivity index is 1.10. The number of aliphatic hydroxyl groups excluding tert-OH is 1. The number of benzene rings is 3. The number of piperidine rings is 1. The van der Waals surface area contributed by atoms with Crippen LogP contribution >= 0.6 is 0 Å². The number of rotatable bonds is 14. The lowest BCUT2D eigenvalue weighted by atomic mass is 9.88. The molecule has 46 heavy (non-hydrogen) atoms. The van der Waals surface area contributed by atoms with Crippen LogP contribution in [0.5, 0.6) is 5.75 Å². The van der Waals surface area contributed by atoms with Crippen molar-refractivity contribution in [3.63, 3.8) is 0 Å². The average Bonchev–Trinajstić information content (AvgIpc) is 3.47. The summed E-state index contributed by atoms with van der Waals surface area (Å²) in [6, 6.07) is 21.4. The summed E-state index contributed by atoms with van der Waals surface area (Å²) in [5, 5.41) is 17.1. The van der Waals surface area contributed by atoms with Gasteiger partial charge in [-0.05, 0) is 73.8 Å². The van der Waals surface area contributed by atoms with E-state index < -0.39 is 31.8 Å². The molecule has 1 spiro atoms. The molecule has 0 bridgehead atoms. The summed E-state index contributed by atoms with van der Waals surface area (Å²) in [6.45, 7) is 5.24. The standard InChI is InChI=1S/C33H44N4O7S2/c1-3-35-21-25-10-12-26(13-11-25)27-6-4-9-32(18-27)46(41,42)37-16-14-33(15-17-37)20-28(23-44-33)36-22-29(38)24-43-30-7-5-8-31(19-30)45(39,40)34-2/h4-13,18-19,28-29,34-36,38H,3,14-17,20-24H2,1-2H3. The Hall–Kier alpha value is -2.88. The van der Waals surface area contributed by atoms with Crippen molar-refractivity contribution in [2.45, 2.75) is 60.3 Å². The van der Waals surface area contributed by atoms with Gasteiger partial charge in [0.25, 0.3) is 0 Å². The molecular weight excluding hydrogens is 629 g/mol. The van der Waals surface area contributed by atoms with Gasteiger partial charge in [0.15, 0.2) is 0 Å². The predicted molar refractivity (Wildman–Crippen MR) is 177 cm³/mol. The highest BCUT2D eigenvalue weighted by molar-refractivity contribution is 7.89. The molecule has 2 saturated heterocycles. The molecule has 250 valence electrons. The van der Waals surface area contributed by atoms with Gasteiger partial charge in [-0.25, -0.2) is 21.6 Å². The molecule has 2 atom stereocenters. The highest BCUT2D eigenvalue weighted by Crippen LogP contribution is 2.37. The zero-order chi connectivity index (χ0) is 32.8. The maximum Gasteiger partial charge on any atom is 0.243 e. The second kappa shape index (κ2) is 14.9. The summed E-state index contributed by atoms with van der Waals surface area (Å²) < 4.78 is 67.0. The van der Waals surface area contributed by atoms with Crippen LogP contribution in [-0.4, -0.2) is 90.4 Å². The van der Waals surface area contributed by atoms with E-state index >= 15 is 0 Å². The van der Waals surface area contributed by atoms with Crippen LogP contribution in [0.25, 0.3) is 11.1 Å². The zero-order valence-electron chi connectivity index (χ0n) is 26.3. The maximum atomic E-state index is 13.6. The van der Waals surface area contributed by atoms with Crippen molar-refractivity contribution in [2.75, 3.05) is 46.4 Å². The summed E-state index contributed by atoms with van der Waals surface area (Å²) in [5.74, 6) is 0.348. The molecule has 11 nitrogen and oxygen atoms in total. The lowest BCUT2D eigenvalue weighted by molar-refractivity contribution is -0.0312. The van der Waals surface area contributed by atoms with Gasteiger partial charge in [0, 0.05) is 38.3 Å². The molecular formula is C33H44N4O7S2. The molecule has 2 aliphatic heterocycles. The first-order chi connectivity index (χ1) is 22.0. The predicted octanol–water partition coefficient (Wildman–Crippen LogP) is 2.71. The van der Waals surface area contributed by atoms with Crippen molar-refractivity contribution in [3.8, 4) is 16.9 Å². The molecule has 0 radical (unpaired) electrons. The first-order valence-corrected chi connectivity index (χ1v) is 18.6. The van der Waals surface area contributed by atoms with Crippen molar-refractivity contribution < 1.29 is 31.4 Å². The highest BCUT2D eigenvalue weighted by atomic mass is 32.2. The van der Waals surface area contributed by atoms with Crippen LogP contribution < -0.4 is 20.1 Å². The molecule has 2 aliphatic rings. The van der Waals surface area contributed by atoms with Crippen molar-refractivity contribution in [3.05, 3.63) is 78.4 Å². The number of nitrogens with zero attached hydrogens (tertiary/aromatic N) is 1. The van der Waals surface area contributed by atoms with E-state index in [-0.39, 0.29) is 29.0 Å². The van der Waals surface area contributed by atoms with Crippen LogP contribution in [-0.2, 0) is 31.3 Å². The van der Waals surface area contributed by atoms with E-state index in [1.165, 1.54) is 24.7 Å². The minimum atomic E-state index is -3.67. The molecule has 2 unspecified atom stereocenters. The first-order valence-electron chi connectivity index (χ1n) is 15.7. The summed E-state index contributed by atoms with van der Waals surface area (Å²) in [6.07, 6.45) is 1.08. The van der Waals surface area contributed by atoms with Crippen molar-refractivity contribution >= 4 is 20.0 Å². The summed E-state index contributed by atoms with van der Waals surface area (Å²) in [5.41, 5.74) is 2.61. The fourth-order valence-corrected chi connectivity index (χ4v) is 8.18. The number of nitrogens with one attached hydrogen (secondary N) is 3. The van der Waals surface area contributed by atoms with Crippen molar-refractivity contribution in [1.29, 1.82) is 0 Å². The SMILES string of the molecule is CCNCc1ccc(-c2cccc(S(=O)(=O)N3CCC4(CC3)CC(NCC(O)COc3cccc(S(=O)(=O)NC)c3)CO4)c2)cc1. The van der Waals surface area contributed by atoms with E-state index in [2.05, 4.69) is 34.4 Å². The van der Waals surface area contributed by atoms with Gasteiger partial charge in [-0.3, -0.25) is 0 Å². The van der Waals surface area contributed by atoms with Gasteiger partial charge in [0.1, 0.15) is 18.5 Å². The fourth-order valence-electron chi connectivity index (χ4n) is 5.93. The van der Waals surface area contributed by atoms with Gasteiger partial charge >= 0.3 is 0 Å². The fraction of sp³-hybridized carbons (Fsp3) is 0.455. The number of sulfonamides is 2. The second-order valence-electron chi connectivity index (χ2n) is 11.9. The largest absolute Gasteiger partial charge is 0.491 e. The lowest BCUT2D eigenvalue weighted by Gasteiger charge is -2.38. The topological polar surface area (TPSA) is 146 Å². The average molecular weight is 673 g/mol. The Morgan fingerprint density at radius 1 is 0.978 bits per heavy atom. The highest BCUT2D eigenvalue weighted by Gasteiger charge is 2.44. The van der Waals surface area contributed by atoms with Gasteiger partial charge < -0.3 is 25.2 Å². The third-order valence-corrected chi connectivity index (χ3v) is 12.0. The van der Waals surface area contributed by atoms with E-state index in [0.29, 0.717) is 38.3 Å². The normalized spacial score (nSPS) is 19.3. The molecule has 3 aromatic carbocycles. The Morgan fingerprint density at radius 3 is 2.41 bits per heavy atom. The van der Waals surface area contributed by atoms with E-state index in [1.807, 2.05) is 18.2 Å². The van der Waals surface area contributed by atoms with Crippen LogP contribution in [0.15, 0.2) is 82.6 Å². The van der Waals surface area contributed by atoms with E-state index in [9.17, 15) is 21.9 Å². The Kier molecular flexibility index (Phi) is 11.2. The molecule has 3 aromatic rings. The van der Waals surface area contributed by atoms with Crippen LogP contribution in [0.4, 0.5) is 0 Å². The van der Waals surface area contributed by atoms with Crippen molar-refractivity contribution in [1.82, 2.24) is 19.7 Å². The van der Waals surface area contributed by atoms with E-state index in [0.717, 1.165) is 30.6 Å². The number of hydrogen-bond donors (Lipinski definition) is 4. The molecule has 5 rings (SSSR count). The summed E-state index contributed by atoms with van der Waals surface area (Å²) in [7, 11) is -5.92. The smallest absolute Gasteiger partial charge is 0.243 e. The van der Waals surface area contributed by atoms with Gasteiger partial charge in [0.05, 0.1) is 22.0 Å². The number of aliphatic hydroxyl groups is 1. The van der Waals surface area contributed by atoms with Gasteiger partial charge in [-0.1, -0.05) is 49.4 Å². The Morgan fingerprint density at radius 2 is 1.70 bits per heavy atom. The molecule has 2 heterocycles. The minimum absolute atomic E-state index is 0.00938. The molecule has 0 saturated carbocycles. The zero-order valence-corrected chi connectivity index (χ0v) is 27.9. The summed E-state index contributed by atoms with van der Waals surface area (Å²) >= 11 is 0. The van der Waals surface area contributed by atoms with E-state index in [4.69, 9.17) is 9.47 Å². The quantitative estimate of drug-likeness (QED) is 0.203. The van der Waals surface area contributed by atoms with Gasteiger partial charge in [-0.2, -0.15) is 4.31 Å². The Labute approximate surface area is 272 Å². The van der Waals surface area contributed by atoms with Crippen LogP contribution in [0, 0.1) is 0 Å². The second-order valence-corrected chi connectivity index (χ2v) is 15.7. The molecule has 13 heteroatoms. The van der Waals surface area contributed by atoms with E-state index in [1.54, 1.807) is 34.6 Å². The lowest BCUT2D eigenvalue weighted by Crippen LogP contribution is -2.47. The minimum Gasteiger partial charge on any atom is -0.491 e. The molecule has 0 aromatic heterocycles. The third-order valence-electron chi connectivity index (χ3n) is 8.65. The Bertz CT molecular complexity index is 1680. The third kappa shape index (κ3) is 8.33. The number of ether oxygens (including phenoxy) is 2. The molecule has 2 fully saturated rings. The maximum absolute atomic E-state index is 13.6. The first kappa shape index (κ1) is 34.5. The van der Waals surface area contributed by atoms with Crippen LogP contribution in [0.1, 0.15) is 31.7 Å². The van der Waals surface area contributed by atoms with Gasteiger partial charge in [0.2, 0.25) is 20.0 Å². The van der Waals surface area contributed by atoms with Crippen LogP contribution in [0.3, 0.4) is 0 Å². The van der Waals surface area contributed by atoms with Gasteiger partial charge in [-0.15, -0.1) is 0 Å². The molecule has 0 amide bonds. The molecule has 4 N–H and O–H groups in total. The molecule has 0 aliphatic carbocycles. The summed E-state index contributed by atoms with van der Waals surface area (Å²) in [4.78, 5) is 0.374.